The average molecular weight is 617 g/mol. The van der Waals surface area contributed by atoms with Crippen LogP contribution in [-0.4, -0.2) is 69.7 Å². The van der Waals surface area contributed by atoms with Gasteiger partial charge in [0.2, 0.25) is 17.7 Å². The summed E-state index contributed by atoms with van der Waals surface area (Å²) in [5.41, 5.74) is 5.74. The van der Waals surface area contributed by atoms with Crippen LogP contribution >= 0.6 is 0 Å². The number of anilines is 4. The number of hydrogen-bond acceptors (Lipinski definition) is 9. The first-order valence-electron chi connectivity index (χ1n) is 15.9. The number of carbonyl (C=O) groups is 1. The molecule has 1 amide bonds. The summed E-state index contributed by atoms with van der Waals surface area (Å²) >= 11 is 0. The van der Waals surface area contributed by atoms with Gasteiger partial charge in [0.15, 0.2) is 0 Å². The number of benzene rings is 2. The van der Waals surface area contributed by atoms with Crippen molar-refractivity contribution in [2.75, 3.05) is 48.8 Å². The quantitative estimate of drug-likeness (QED) is 0.176. The Hall–Kier alpha value is -5.16. The van der Waals surface area contributed by atoms with E-state index in [1.807, 2.05) is 18.2 Å². The number of nitrogens with zero attached hydrogens (tertiary/aromatic N) is 6. The van der Waals surface area contributed by atoms with Gasteiger partial charge in [-0.1, -0.05) is 24.8 Å². The molecule has 2 saturated heterocycles. The van der Waals surface area contributed by atoms with Crippen molar-refractivity contribution in [1.82, 2.24) is 24.4 Å². The average Bonchev–Trinajstić information content (AvgIpc) is 3.42. The molecule has 234 valence electrons. The third-order valence-electron chi connectivity index (χ3n) is 9.26. The van der Waals surface area contributed by atoms with Crippen LogP contribution in [0.15, 0.2) is 78.3 Å². The van der Waals surface area contributed by atoms with E-state index in [9.17, 15) is 4.79 Å². The number of carbonyl (C=O) groups excluding carboxylic acids is 1. The first-order chi connectivity index (χ1) is 22.6. The second kappa shape index (κ2) is 11.6. The van der Waals surface area contributed by atoms with Crippen molar-refractivity contribution in [3.05, 3.63) is 73.9 Å². The van der Waals surface area contributed by atoms with Gasteiger partial charge in [-0.2, -0.15) is 0 Å². The standard InChI is InChI=1S/C35H36N8O3/c1-3-32(44)38-27-16-28(31(45-2)17-30(27)42-19-23(20-42)41-13-6-7-14-41)39-35-37-18-25(34-36-12-15-46-34)33(40-35)26-21-43(22-10-11-22)29-9-5-4-8-24(26)29/h3-5,8-9,12,15-18,21-23H,1,6-7,10-11,13-14,19-20H2,2H3,(H,38,44)(H,37,39,40). The predicted octanol–water partition coefficient (Wildman–Crippen LogP) is 6.25. The summed E-state index contributed by atoms with van der Waals surface area (Å²) in [4.78, 5) is 31.5. The van der Waals surface area contributed by atoms with E-state index >= 15 is 0 Å². The van der Waals surface area contributed by atoms with E-state index in [0.717, 1.165) is 55.7 Å². The number of methoxy groups -OCH3 is 1. The maximum atomic E-state index is 12.5. The Morgan fingerprint density at radius 2 is 1.89 bits per heavy atom. The highest BCUT2D eigenvalue weighted by molar-refractivity contribution is 6.02. The Balaban J connectivity index is 1.17. The molecule has 11 heteroatoms. The molecular weight excluding hydrogens is 580 g/mol. The molecule has 1 aliphatic carbocycles. The third-order valence-corrected chi connectivity index (χ3v) is 9.26. The molecule has 5 heterocycles. The number of aromatic nitrogens is 4. The topological polar surface area (TPSA) is 114 Å². The van der Waals surface area contributed by atoms with Crippen molar-refractivity contribution < 1.29 is 13.9 Å². The van der Waals surface area contributed by atoms with Crippen LogP contribution in [-0.2, 0) is 4.79 Å². The van der Waals surface area contributed by atoms with Crippen LogP contribution in [0.2, 0.25) is 0 Å². The Morgan fingerprint density at radius 3 is 2.63 bits per heavy atom. The van der Waals surface area contributed by atoms with Gasteiger partial charge >= 0.3 is 0 Å². The number of amides is 1. The molecule has 2 aliphatic heterocycles. The Morgan fingerprint density at radius 1 is 1.07 bits per heavy atom. The van der Waals surface area contributed by atoms with Crippen LogP contribution in [0.5, 0.6) is 5.75 Å². The first kappa shape index (κ1) is 28.3. The smallest absolute Gasteiger partial charge is 0.247 e. The fourth-order valence-corrected chi connectivity index (χ4v) is 6.70. The molecule has 2 aromatic carbocycles. The van der Waals surface area contributed by atoms with E-state index < -0.39 is 0 Å². The highest BCUT2D eigenvalue weighted by atomic mass is 16.5. The van der Waals surface area contributed by atoms with Gasteiger partial charge in [0.05, 0.1) is 41.6 Å². The highest BCUT2D eigenvalue weighted by Crippen LogP contribution is 2.44. The molecule has 0 atom stereocenters. The minimum Gasteiger partial charge on any atom is -0.494 e. The monoisotopic (exact) mass is 616 g/mol. The van der Waals surface area contributed by atoms with Gasteiger partial charge in [-0.25, -0.2) is 15.0 Å². The minimum atomic E-state index is -0.283. The van der Waals surface area contributed by atoms with Gasteiger partial charge in [-0.3, -0.25) is 9.69 Å². The summed E-state index contributed by atoms with van der Waals surface area (Å²) in [5.74, 6) is 1.15. The van der Waals surface area contributed by atoms with E-state index in [1.54, 1.807) is 25.8 Å². The van der Waals surface area contributed by atoms with Crippen molar-refractivity contribution >= 4 is 39.8 Å². The van der Waals surface area contributed by atoms with Crippen molar-refractivity contribution in [3.63, 3.8) is 0 Å². The van der Waals surface area contributed by atoms with Crippen LogP contribution in [0.3, 0.4) is 0 Å². The SMILES string of the molecule is C=CC(=O)Nc1cc(Nc2ncc(-c3ncco3)c(-c3cn(C4CC4)c4ccccc34)n2)c(OC)cc1N1CC(N2CCCC2)C1. The van der Waals surface area contributed by atoms with E-state index in [1.165, 1.54) is 24.4 Å². The lowest BCUT2D eigenvalue weighted by molar-refractivity contribution is -0.111. The molecule has 11 nitrogen and oxygen atoms in total. The second-order valence-corrected chi connectivity index (χ2v) is 12.2. The number of hydrogen-bond donors (Lipinski definition) is 2. The molecule has 0 radical (unpaired) electrons. The zero-order chi connectivity index (χ0) is 31.2. The van der Waals surface area contributed by atoms with E-state index in [-0.39, 0.29) is 5.91 Å². The fourth-order valence-electron chi connectivity index (χ4n) is 6.70. The highest BCUT2D eigenvalue weighted by Gasteiger charge is 2.35. The molecule has 1 saturated carbocycles. The normalized spacial score (nSPS) is 16.8. The Bertz CT molecular complexity index is 1920. The zero-order valence-electron chi connectivity index (χ0n) is 25.8. The summed E-state index contributed by atoms with van der Waals surface area (Å²) in [6, 6.07) is 13.2. The lowest BCUT2D eigenvalue weighted by Crippen LogP contribution is -2.59. The molecular formula is C35H36N8O3. The minimum absolute atomic E-state index is 0.283. The first-order valence-corrected chi connectivity index (χ1v) is 15.9. The van der Waals surface area contributed by atoms with Gasteiger partial charge in [0.1, 0.15) is 12.0 Å². The molecule has 3 fully saturated rings. The van der Waals surface area contributed by atoms with E-state index in [4.69, 9.17) is 14.1 Å². The maximum absolute atomic E-state index is 12.5. The van der Waals surface area contributed by atoms with Crippen molar-refractivity contribution in [3.8, 4) is 28.5 Å². The van der Waals surface area contributed by atoms with E-state index in [2.05, 4.69) is 65.9 Å². The summed E-state index contributed by atoms with van der Waals surface area (Å²) in [5, 5.41) is 7.48. The van der Waals surface area contributed by atoms with Gasteiger partial charge in [0, 0.05) is 60.1 Å². The van der Waals surface area contributed by atoms with Gasteiger partial charge in [-0.05, 0) is 57.0 Å². The van der Waals surface area contributed by atoms with E-state index in [0.29, 0.717) is 52.3 Å². The molecule has 46 heavy (non-hydrogen) atoms. The molecule has 2 N–H and O–H groups in total. The summed E-state index contributed by atoms with van der Waals surface area (Å²) in [7, 11) is 1.64. The molecule has 8 rings (SSSR count). The molecule has 3 aromatic heterocycles. The van der Waals surface area contributed by atoms with Crippen molar-refractivity contribution in [2.45, 2.75) is 37.8 Å². The second-order valence-electron chi connectivity index (χ2n) is 12.2. The number of likely N-dealkylation sites (tertiary alicyclic amines) is 1. The molecule has 0 bridgehead atoms. The molecule has 5 aromatic rings. The maximum Gasteiger partial charge on any atom is 0.247 e. The van der Waals surface area contributed by atoms with Gasteiger partial charge in [-0.15, -0.1) is 0 Å². The lowest BCUT2D eigenvalue weighted by Gasteiger charge is -2.46. The number of oxazole rings is 1. The summed E-state index contributed by atoms with van der Waals surface area (Å²) in [6.07, 6.45) is 13.2. The number of fused-ring (bicyclic) bond motifs is 1. The van der Waals surface area contributed by atoms with Crippen molar-refractivity contribution in [1.29, 1.82) is 0 Å². The lowest BCUT2D eigenvalue weighted by atomic mass is 10.0. The molecule has 0 unspecified atom stereocenters. The van der Waals surface area contributed by atoms with Crippen LogP contribution in [0.25, 0.3) is 33.6 Å². The molecule has 3 aliphatic rings. The number of rotatable bonds is 10. The Kier molecular flexibility index (Phi) is 7.17. The predicted molar refractivity (Wildman–Crippen MR) is 179 cm³/mol. The largest absolute Gasteiger partial charge is 0.494 e. The van der Waals surface area contributed by atoms with Gasteiger partial charge < -0.3 is 29.3 Å². The van der Waals surface area contributed by atoms with Crippen LogP contribution < -0.4 is 20.3 Å². The number of para-hydroxylation sites is 1. The Labute approximate surface area is 266 Å². The molecule has 0 spiro atoms. The number of ether oxygens (including phenoxy) is 1. The third kappa shape index (κ3) is 5.16. The van der Waals surface area contributed by atoms with Gasteiger partial charge in [0.25, 0.3) is 0 Å². The zero-order valence-corrected chi connectivity index (χ0v) is 25.8. The summed E-state index contributed by atoms with van der Waals surface area (Å²) in [6.45, 7) is 7.76. The van der Waals surface area contributed by atoms with Crippen LogP contribution in [0.1, 0.15) is 31.7 Å². The fraction of sp³-hybridized carbons (Fsp3) is 0.314. The number of nitrogens with one attached hydrogen (secondary N) is 2. The summed E-state index contributed by atoms with van der Waals surface area (Å²) < 4.78 is 13.9. The van der Waals surface area contributed by atoms with Crippen LogP contribution in [0, 0.1) is 0 Å². The van der Waals surface area contributed by atoms with Crippen LogP contribution in [0.4, 0.5) is 23.0 Å². The van der Waals surface area contributed by atoms with Crippen molar-refractivity contribution in [2.24, 2.45) is 0 Å².